The van der Waals surface area contributed by atoms with Crippen LogP contribution in [-0.2, 0) is 4.74 Å². The molecule has 1 aromatic rings. The van der Waals surface area contributed by atoms with Gasteiger partial charge in [-0.2, -0.15) is 5.26 Å². The monoisotopic (exact) mass is 177 g/mol. The fraction of sp³-hybridized carbons (Fsp3) is 0.333. The molecule has 0 aliphatic heterocycles. The van der Waals surface area contributed by atoms with Gasteiger partial charge in [-0.25, -0.2) is 4.98 Å². The molecule has 1 aromatic heterocycles. The lowest BCUT2D eigenvalue weighted by Crippen LogP contribution is -2.17. The van der Waals surface area contributed by atoms with Crippen LogP contribution in [0.1, 0.15) is 17.4 Å². The zero-order valence-electron chi connectivity index (χ0n) is 7.40. The molecule has 0 spiro atoms. The van der Waals surface area contributed by atoms with E-state index in [1.165, 1.54) is 0 Å². The number of methoxy groups -OCH3 is 1. The van der Waals surface area contributed by atoms with Crippen LogP contribution >= 0.6 is 0 Å². The van der Waals surface area contributed by atoms with Crippen LogP contribution in [-0.4, -0.2) is 18.7 Å². The number of nitriles is 1. The molecule has 4 heteroatoms. The predicted octanol–water partition coefficient (Wildman–Crippen LogP) is 0.599. The third-order valence-corrected chi connectivity index (χ3v) is 1.61. The quantitative estimate of drug-likeness (QED) is 0.733. The Morgan fingerprint density at radius 2 is 2.46 bits per heavy atom. The summed E-state index contributed by atoms with van der Waals surface area (Å²) in [4.78, 5) is 4.04. The van der Waals surface area contributed by atoms with Gasteiger partial charge in [0.2, 0.25) is 0 Å². The molecular formula is C9H11N3O. The van der Waals surface area contributed by atoms with Gasteiger partial charge >= 0.3 is 0 Å². The summed E-state index contributed by atoms with van der Waals surface area (Å²) in [6.07, 6.45) is 0. The van der Waals surface area contributed by atoms with Gasteiger partial charge in [-0.05, 0) is 12.1 Å². The number of hydrogen-bond donors (Lipinski definition) is 1. The fourth-order valence-electron chi connectivity index (χ4n) is 0.985. The number of nitrogens with two attached hydrogens (primary N) is 1. The molecule has 1 atom stereocenters. The number of rotatable bonds is 3. The number of aromatic nitrogens is 1. The van der Waals surface area contributed by atoms with Gasteiger partial charge in [0.25, 0.3) is 0 Å². The van der Waals surface area contributed by atoms with E-state index in [0.717, 1.165) is 0 Å². The van der Waals surface area contributed by atoms with Crippen LogP contribution in [0.5, 0.6) is 0 Å². The van der Waals surface area contributed by atoms with E-state index in [-0.39, 0.29) is 6.04 Å². The van der Waals surface area contributed by atoms with Crippen molar-refractivity contribution >= 4 is 0 Å². The average molecular weight is 177 g/mol. The van der Waals surface area contributed by atoms with E-state index in [1.807, 2.05) is 6.07 Å². The molecule has 0 saturated carbocycles. The fourth-order valence-corrected chi connectivity index (χ4v) is 0.985. The van der Waals surface area contributed by atoms with Crippen molar-refractivity contribution < 1.29 is 4.74 Å². The molecule has 0 saturated heterocycles. The maximum atomic E-state index is 8.59. The van der Waals surface area contributed by atoms with Gasteiger partial charge in [0.15, 0.2) is 0 Å². The number of ether oxygens (including phenoxy) is 1. The van der Waals surface area contributed by atoms with Crippen molar-refractivity contribution in [3.05, 3.63) is 29.6 Å². The smallest absolute Gasteiger partial charge is 0.140 e. The SMILES string of the molecule is COC[C@@H](N)c1cccc(C#N)n1. The van der Waals surface area contributed by atoms with Crippen LogP contribution in [0.25, 0.3) is 0 Å². The van der Waals surface area contributed by atoms with Crippen molar-refractivity contribution in [1.82, 2.24) is 4.98 Å². The third-order valence-electron chi connectivity index (χ3n) is 1.61. The molecule has 0 aromatic carbocycles. The lowest BCUT2D eigenvalue weighted by atomic mass is 10.2. The summed E-state index contributed by atoms with van der Waals surface area (Å²) >= 11 is 0. The normalized spacial score (nSPS) is 12.1. The molecule has 13 heavy (non-hydrogen) atoms. The highest BCUT2D eigenvalue weighted by Gasteiger charge is 2.06. The Balaban J connectivity index is 2.83. The largest absolute Gasteiger partial charge is 0.383 e. The standard InChI is InChI=1S/C9H11N3O/c1-13-6-8(11)9-4-2-3-7(5-10)12-9/h2-4,8H,6,11H2,1H3/t8-/m1/s1. The second-order valence-corrected chi connectivity index (χ2v) is 2.62. The second kappa shape index (κ2) is 4.55. The Bertz CT molecular complexity index is 319. The first-order chi connectivity index (χ1) is 6.27. The summed E-state index contributed by atoms with van der Waals surface area (Å²) in [6.45, 7) is 0.405. The van der Waals surface area contributed by atoms with E-state index in [4.69, 9.17) is 15.7 Å². The third kappa shape index (κ3) is 2.51. The summed E-state index contributed by atoms with van der Waals surface area (Å²) in [5, 5.41) is 8.59. The predicted molar refractivity (Wildman–Crippen MR) is 47.8 cm³/mol. The van der Waals surface area contributed by atoms with E-state index in [1.54, 1.807) is 25.3 Å². The molecule has 0 radical (unpaired) electrons. The van der Waals surface area contributed by atoms with Crippen molar-refractivity contribution in [2.45, 2.75) is 6.04 Å². The van der Waals surface area contributed by atoms with E-state index in [2.05, 4.69) is 4.98 Å². The zero-order valence-corrected chi connectivity index (χ0v) is 7.40. The molecular weight excluding hydrogens is 166 g/mol. The summed E-state index contributed by atoms with van der Waals surface area (Å²) in [5.41, 5.74) is 6.79. The molecule has 2 N–H and O–H groups in total. The molecule has 0 fully saturated rings. The van der Waals surface area contributed by atoms with Gasteiger partial charge in [-0.15, -0.1) is 0 Å². The topological polar surface area (TPSA) is 71.9 Å². The summed E-state index contributed by atoms with van der Waals surface area (Å²) in [6, 6.07) is 6.88. The van der Waals surface area contributed by atoms with Crippen LogP contribution in [0, 0.1) is 11.3 Å². The minimum Gasteiger partial charge on any atom is -0.383 e. The summed E-state index contributed by atoms with van der Waals surface area (Å²) in [5.74, 6) is 0. The Morgan fingerprint density at radius 1 is 1.69 bits per heavy atom. The van der Waals surface area contributed by atoms with E-state index in [9.17, 15) is 0 Å². The molecule has 1 rings (SSSR count). The summed E-state index contributed by atoms with van der Waals surface area (Å²) < 4.78 is 4.88. The van der Waals surface area contributed by atoms with Crippen molar-refractivity contribution in [3.8, 4) is 6.07 Å². The van der Waals surface area contributed by atoms with E-state index >= 15 is 0 Å². The lowest BCUT2D eigenvalue weighted by molar-refractivity contribution is 0.179. The van der Waals surface area contributed by atoms with Crippen LogP contribution in [0.15, 0.2) is 18.2 Å². The first kappa shape index (κ1) is 9.65. The highest BCUT2D eigenvalue weighted by molar-refractivity contribution is 5.23. The molecule has 0 bridgehead atoms. The number of nitrogens with zero attached hydrogens (tertiary/aromatic N) is 2. The van der Waals surface area contributed by atoms with Gasteiger partial charge < -0.3 is 10.5 Å². The number of pyridine rings is 1. The highest BCUT2D eigenvalue weighted by atomic mass is 16.5. The van der Waals surface area contributed by atoms with Gasteiger partial charge in [0.1, 0.15) is 11.8 Å². The van der Waals surface area contributed by atoms with Gasteiger partial charge in [-0.3, -0.25) is 0 Å². The van der Waals surface area contributed by atoms with Crippen LogP contribution in [0.4, 0.5) is 0 Å². The van der Waals surface area contributed by atoms with Gasteiger partial charge in [-0.1, -0.05) is 6.07 Å². The van der Waals surface area contributed by atoms with Gasteiger partial charge in [0, 0.05) is 7.11 Å². The van der Waals surface area contributed by atoms with Crippen LogP contribution in [0.2, 0.25) is 0 Å². The molecule has 4 nitrogen and oxygen atoms in total. The van der Waals surface area contributed by atoms with Crippen molar-refractivity contribution in [3.63, 3.8) is 0 Å². The highest BCUT2D eigenvalue weighted by Crippen LogP contribution is 2.07. The molecule has 68 valence electrons. The minimum absolute atomic E-state index is 0.265. The maximum absolute atomic E-state index is 8.59. The first-order valence-electron chi connectivity index (χ1n) is 3.89. The minimum atomic E-state index is -0.265. The number of hydrogen-bond acceptors (Lipinski definition) is 4. The Labute approximate surface area is 77.0 Å². The molecule has 0 amide bonds. The van der Waals surface area contributed by atoms with Crippen molar-refractivity contribution in [2.75, 3.05) is 13.7 Å². The molecule has 0 unspecified atom stereocenters. The van der Waals surface area contributed by atoms with Crippen LogP contribution in [0.3, 0.4) is 0 Å². The Hall–Kier alpha value is -1.44. The van der Waals surface area contributed by atoms with Crippen molar-refractivity contribution in [1.29, 1.82) is 5.26 Å². The Kier molecular flexibility index (Phi) is 3.38. The summed E-state index contributed by atoms with van der Waals surface area (Å²) in [7, 11) is 1.58. The zero-order chi connectivity index (χ0) is 9.68. The van der Waals surface area contributed by atoms with E-state index in [0.29, 0.717) is 18.0 Å². The maximum Gasteiger partial charge on any atom is 0.140 e. The van der Waals surface area contributed by atoms with E-state index < -0.39 is 0 Å². The second-order valence-electron chi connectivity index (χ2n) is 2.62. The lowest BCUT2D eigenvalue weighted by Gasteiger charge is -2.08. The Morgan fingerprint density at radius 3 is 3.08 bits per heavy atom. The average Bonchev–Trinajstić information content (AvgIpc) is 2.18. The first-order valence-corrected chi connectivity index (χ1v) is 3.89. The van der Waals surface area contributed by atoms with Crippen molar-refractivity contribution in [2.24, 2.45) is 5.73 Å². The molecule has 1 heterocycles. The van der Waals surface area contributed by atoms with Crippen LogP contribution < -0.4 is 5.73 Å². The molecule has 0 aliphatic carbocycles. The molecule has 0 aliphatic rings. The van der Waals surface area contributed by atoms with Gasteiger partial charge in [0.05, 0.1) is 18.3 Å².